The molecule has 2 heterocycles. The summed E-state index contributed by atoms with van der Waals surface area (Å²) in [5, 5.41) is 12.1. The molecule has 21 heavy (non-hydrogen) atoms. The van der Waals surface area contributed by atoms with Gasteiger partial charge >= 0.3 is 0 Å². The summed E-state index contributed by atoms with van der Waals surface area (Å²) in [5.74, 6) is 0.496. The number of rotatable bonds is 4. The van der Waals surface area contributed by atoms with Crippen LogP contribution in [0.2, 0.25) is 0 Å². The quantitative estimate of drug-likeness (QED) is 0.940. The number of methoxy groups -OCH3 is 1. The number of anilines is 1. The van der Waals surface area contributed by atoms with Gasteiger partial charge < -0.3 is 9.47 Å². The van der Waals surface area contributed by atoms with Crippen molar-refractivity contribution in [3.05, 3.63) is 34.8 Å². The molecule has 6 nitrogen and oxygen atoms in total. The first kappa shape index (κ1) is 14.0. The zero-order valence-electron chi connectivity index (χ0n) is 11.5. The minimum absolute atomic E-state index is 0.0224. The molecule has 2 aromatic rings. The second kappa shape index (κ2) is 6.19. The lowest BCUT2D eigenvalue weighted by Gasteiger charge is -2.03. The van der Waals surface area contributed by atoms with Crippen molar-refractivity contribution in [3.63, 3.8) is 0 Å². The van der Waals surface area contributed by atoms with Gasteiger partial charge in [-0.2, -0.15) is 0 Å². The molecule has 1 aromatic heterocycles. The van der Waals surface area contributed by atoms with Crippen LogP contribution in [0.3, 0.4) is 0 Å². The van der Waals surface area contributed by atoms with Gasteiger partial charge in [-0.3, -0.25) is 10.1 Å². The summed E-state index contributed by atoms with van der Waals surface area (Å²) in [5.41, 5.74) is 0.546. The Morgan fingerprint density at radius 1 is 1.38 bits per heavy atom. The molecular weight excluding hydrogens is 290 g/mol. The lowest BCUT2D eigenvalue weighted by molar-refractivity contribution is 0.102. The number of benzene rings is 1. The third kappa shape index (κ3) is 3.20. The summed E-state index contributed by atoms with van der Waals surface area (Å²) in [6, 6.07) is 6.89. The third-order valence-electron chi connectivity index (χ3n) is 3.22. The predicted molar refractivity (Wildman–Crippen MR) is 78.8 cm³/mol. The number of hydrogen-bond donors (Lipinski definition) is 1. The van der Waals surface area contributed by atoms with Gasteiger partial charge in [0.15, 0.2) is 0 Å². The topological polar surface area (TPSA) is 73.3 Å². The van der Waals surface area contributed by atoms with Crippen LogP contribution in [0.4, 0.5) is 5.13 Å². The van der Waals surface area contributed by atoms with E-state index in [0.29, 0.717) is 16.4 Å². The molecule has 0 saturated carbocycles. The smallest absolute Gasteiger partial charge is 0.257 e. The van der Waals surface area contributed by atoms with Crippen LogP contribution in [0.25, 0.3) is 0 Å². The molecule has 0 radical (unpaired) electrons. The van der Waals surface area contributed by atoms with E-state index in [0.717, 1.165) is 24.5 Å². The summed E-state index contributed by atoms with van der Waals surface area (Å²) in [6.45, 7) is 0.762. The van der Waals surface area contributed by atoms with E-state index in [1.165, 1.54) is 11.3 Å². The number of carbonyl (C=O) groups is 1. The number of aromatic nitrogens is 2. The van der Waals surface area contributed by atoms with Gasteiger partial charge in [0.2, 0.25) is 5.13 Å². The maximum atomic E-state index is 12.1. The highest BCUT2D eigenvalue weighted by Gasteiger charge is 2.22. The number of amides is 1. The predicted octanol–water partition coefficient (Wildman–Crippen LogP) is 2.65. The van der Waals surface area contributed by atoms with Gasteiger partial charge in [-0.25, -0.2) is 0 Å². The average Bonchev–Trinajstić information content (AvgIpc) is 3.18. The van der Waals surface area contributed by atoms with E-state index in [4.69, 9.17) is 9.47 Å². The first-order chi connectivity index (χ1) is 10.3. The van der Waals surface area contributed by atoms with E-state index in [9.17, 15) is 4.79 Å². The summed E-state index contributed by atoms with van der Waals surface area (Å²) < 4.78 is 10.6. The molecule has 1 N–H and O–H groups in total. The van der Waals surface area contributed by atoms with Crippen molar-refractivity contribution in [2.45, 2.75) is 18.9 Å². The van der Waals surface area contributed by atoms with Crippen molar-refractivity contribution >= 4 is 22.4 Å². The number of nitrogens with zero attached hydrogens (tertiary/aromatic N) is 2. The van der Waals surface area contributed by atoms with Crippen molar-refractivity contribution in [1.29, 1.82) is 0 Å². The van der Waals surface area contributed by atoms with Gasteiger partial charge in [0.25, 0.3) is 5.91 Å². The molecule has 1 aliphatic rings. The number of ether oxygens (including phenoxy) is 2. The maximum Gasteiger partial charge on any atom is 0.257 e. The molecule has 7 heteroatoms. The van der Waals surface area contributed by atoms with Gasteiger partial charge in [-0.05, 0) is 37.1 Å². The monoisotopic (exact) mass is 305 g/mol. The minimum atomic E-state index is -0.215. The van der Waals surface area contributed by atoms with Crippen LogP contribution in [0.1, 0.15) is 34.3 Å². The number of carbonyl (C=O) groups excluding carboxylic acids is 1. The molecule has 1 aliphatic heterocycles. The van der Waals surface area contributed by atoms with Crippen LogP contribution in [-0.4, -0.2) is 29.8 Å². The van der Waals surface area contributed by atoms with Gasteiger partial charge in [-0.15, -0.1) is 10.2 Å². The van der Waals surface area contributed by atoms with Gasteiger partial charge in [0.05, 0.1) is 7.11 Å². The molecule has 1 atom stereocenters. The third-order valence-corrected chi connectivity index (χ3v) is 4.15. The molecule has 110 valence electrons. The van der Waals surface area contributed by atoms with Crippen molar-refractivity contribution < 1.29 is 14.3 Å². The van der Waals surface area contributed by atoms with E-state index in [-0.39, 0.29) is 12.0 Å². The molecule has 1 saturated heterocycles. The second-order valence-corrected chi connectivity index (χ2v) is 5.64. The zero-order valence-corrected chi connectivity index (χ0v) is 12.4. The Bertz CT molecular complexity index is 621. The Morgan fingerprint density at radius 3 is 2.86 bits per heavy atom. The van der Waals surface area contributed by atoms with Crippen LogP contribution in [0.15, 0.2) is 24.3 Å². The first-order valence-corrected chi connectivity index (χ1v) is 7.48. The van der Waals surface area contributed by atoms with Gasteiger partial charge in [0, 0.05) is 12.2 Å². The molecule has 1 amide bonds. The second-order valence-electron chi connectivity index (χ2n) is 4.63. The number of hydrogen-bond acceptors (Lipinski definition) is 6. The summed E-state index contributed by atoms with van der Waals surface area (Å²) >= 11 is 1.36. The van der Waals surface area contributed by atoms with Gasteiger partial charge in [-0.1, -0.05) is 11.3 Å². The summed E-state index contributed by atoms with van der Waals surface area (Å²) in [4.78, 5) is 12.1. The number of nitrogens with one attached hydrogen (secondary N) is 1. The summed E-state index contributed by atoms with van der Waals surface area (Å²) in [6.07, 6.45) is 2.02. The molecule has 0 aliphatic carbocycles. The first-order valence-electron chi connectivity index (χ1n) is 6.66. The van der Waals surface area contributed by atoms with Crippen LogP contribution in [0, 0.1) is 0 Å². The molecule has 0 bridgehead atoms. The minimum Gasteiger partial charge on any atom is -0.497 e. The Kier molecular flexibility index (Phi) is 4.12. The highest BCUT2D eigenvalue weighted by Crippen LogP contribution is 2.32. The van der Waals surface area contributed by atoms with E-state index in [1.54, 1.807) is 31.4 Å². The molecule has 0 unspecified atom stereocenters. The Hall–Kier alpha value is -1.99. The Morgan fingerprint density at radius 2 is 2.19 bits per heavy atom. The molecule has 1 aromatic carbocycles. The lowest BCUT2D eigenvalue weighted by atomic mass is 10.2. The van der Waals surface area contributed by atoms with Crippen LogP contribution in [-0.2, 0) is 4.74 Å². The van der Waals surface area contributed by atoms with E-state index >= 15 is 0 Å². The molecule has 0 spiro atoms. The maximum absolute atomic E-state index is 12.1. The Balaban J connectivity index is 1.66. The molecule has 1 fully saturated rings. The zero-order chi connectivity index (χ0) is 14.7. The largest absolute Gasteiger partial charge is 0.497 e. The van der Waals surface area contributed by atoms with Crippen molar-refractivity contribution in [2.75, 3.05) is 19.0 Å². The van der Waals surface area contributed by atoms with E-state index in [1.807, 2.05) is 0 Å². The highest BCUT2D eigenvalue weighted by atomic mass is 32.1. The average molecular weight is 305 g/mol. The lowest BCUT2D eigenvalue weighted by Crippen LogP contribution is -2.11. The van der Waals surface area contributed by atoms with E-state index in [2.05, 4.69) is 15.5 Å². The fourth-order valence-electron chi connectivity index (χ4n) is 2.10. The normalized spacial score (nSPS) is 17.7. The molecule has 3 rings (SSSR count). The van der Waals surface area contributed by atoms with Crippen LogP contribution in [0.5, 0.6) is 5.75 Å². The van der Waals surface area contributed by atoms with Crippen molar-refractivity contribution in [2.24, 2.45) is 0 Å². The highest BCUT2D eigenvalue weighted by molar-refractivity contribution is 7.15. The fraction of sp³-hybridized carbons (Fsp3) is 0.357. The van der Waals surface area contributed by atoms with Crippen molar-refractivity contribution in [1.82, 2.24) is 10.2 Å². The van der Waals surface area contributed by atoms with Gasteiger partial charge in [0.1, 0.15) is 16.9 Å². The van der Waals surface area contributed by atoms with Crippen molar-refractivity contribution in [3.8, 4) is 5.75 Å². The fourth-order valence-corrected chi connectivity index (χ4v) is 2.92. The van der Waals surface area contributed by atoms with Crippen LogP contribution >= 0.6 is 11.3 Å². The Labute approximate surface area is 126 Å². The molecular formula is C14H15N3O3S. The SMILES string of the molecule is COc1ccc(C(=O)Nc2nnc([C@H]3CCCO3)s2)cc1. The standard InChI is InChI=1S/C14H15N3O3S/c1-19-10-6-4-9(5-7-10)12(18)15-14-17-16-13(21-14)11-3-2-8-20-11/h4-7,11H,2-3,8H2,1H3,(H,15,17,18)/t11-/m1/s1. The van der Waals surface area contributed by atoms with Crippen LogP contribution < -0.4 is 10.1 Å². The van der Waals surface area contributed by atoms with E-state index < -0.39 is 0 Å². The summed E-state index contributed by atoms with van der Waals surface area (Å²) in [7, 11) is 1.59.